The van der Waals surface area contributed by atoms with Gasteiger partial charge in [-0.05, 0) is 55.5 Å². The number of amides is 1. The molecule has 1 amide bonds. The number of carbonyl (C=O) groups excluding carboxylic acids is 1. The van der Waals surface area contributed by atoms with E-state index in [0.717, 1.165) is 40.5 Å². The third-order valence-corrected chi connectivity index (χ3v) is 5.87. The van der Waals surface area contributed by atoms with Gasteiger partial charge in [-0.3, -0.25) is 14.5 Å². The molecule has 1 aliphatic rings. The minimum absolute atomic E-state index is 0. The number of carbonyl (C=O) groups is 1. The van der Waals surface area contributed by atoms with Gasteiger partial charge in [0, 0.05) is 24.5 Å². The van der Waals surface area contributed by atoms with Crippen molar-refractivity contribution in [1.82, 2.24) is 14.8 Å². The van der Waals surface area contributed by atoms with Crippen LogP contribution in [0, 0.1) is 24.5 Å². The fraction of sp³-hybridized carbons (Fsp3) is 0.375. The zero-order chi connectivity index (χ0) is 23.0. The van der Waals surface area contributed by atoms with Crippen LogP contribution >= 0.6 is 13.5 Å². The predicted molar refractivity (Wildman–Crippen MR) is 130 cm³/mol. The van der Waals surface area contributed by atoms with Gasteiger partial charge < -0.3 is 10.2 Å². The highest BCUT2D eigenvalue weighted by Gasteiger charge is 2.34. The molecule has 1 N–H and O–H groups in total. The largest absolute Gasteiger partial charge is 0.361 e. The number of aromatic nitrogens is 3. The van der Waals surface area contributed by atoms with E-state index in [1.165, 1.54) is 6.07 Å². The van der Waals surface area contributed by atoms with Crippen molar-refractivity contribution >= 4 is 30.8 Å². The van der Waals surface area contributed by atoms with Crippen molar-refractivity contribution in [3.63, 3.8) is 0 Å². The van der Waals surface area contributed by atoms with Gasteiger partial charge in [-0.15, -0.1) is 0 Å². The lowest BCUT2D eigenvalue weighted by molar-refractivity contribution is -0.118. The Morgan fingerprint density at radius 1 is 1.18 bits per heavy atom. The van der Waals surface area contributed by atoms with Crippen LogP contribution in [-0.4, -0.2) is 33.8 Å². The summed E-state index contributed by atoms with van der Waals surface area (Å²) in [5.74, 6) is -0.745. The summed E-state index contributed by atoms with van der Waals surface area (Å²) < 4.78 is 28.9. The van der Waals surface area contributed by atoms with Gasteiger partial charge in [0.25, 0.3) is 0 Å². The molecular weight excluding hydrogens is 444 g/mol. The molecule has 9 heteroatoms. The van der Waals surface area contributed by atoms with Crippen molar-refractivity contribution in [1.29, 1.82) is 0 Å². The lowest BCUT2D eigenvalue weighted by atomic mass is 9.97. The standard InChI is InChI=1S/C24H27F2N5O.H2S/c1-14(2)23-24(32)29-22-15(3)28-19(10-21(22)30(23)4)7-5-16-11-27-31(12-16)13-17-9-18(25)6-8-20(17)26;/h6,8-12,14,23H,5,7,13H2,1-4H3,(H,29,32);1H2/t23-;/m0./s1. The quantitative estimate of drug-likeness (QED) is 0.582. The van der Waals surface area contributed by atoms with Crippen LogP contribution in [0.4, 0.5) is 20.2 Å². The summed E-state index contributed by atoms with van der Waals surface area (Å²) >= 11 is 0. The molecule has 176 valence electrons. The van der Waals surface area contributed by atoms with Gasteiger partial charge in [0.2, 0.25) is 5.91 Å². The normalized spacial score (nSPS) is 15.3. The van der Waals surface area contributed by atoms with Crippen molar-refractivity contribution in [2.75, 3.05) is 17.3 Å². The number of nitrogens with one attached hydrogen (secondary N) is 1. The van der Waals surface area contributed by atoms with Gasteiger partial charge in [-0.25, -0.2) is 8.78 Å². The maximum absolute atomic E-state index is 13.9. The number of rotatable bonds is 6. The molecule has 1 aromatic carbocycles. The molecule has 3 aromatic rings. The van der Waals surface area contributed by atoms with Gasteiger partial charge in [0.15, 0.2) is 0 Å². The predicted octanol–water partition coefficient (Wildman–Crippen LogP) is 4.22. The minimum atomic E-state index is -0.469. The second kappa shape index (κ2) is 9.91. The van der Waals surface area contributed by atoms with Crippen LogP contribution in [0.5, 0.6) is 0 Å². The van der Waals surface area contributed by atoms with Crippen LogP contribution < -0.4 is 10.2 Å². The smallest absolute Gasteiger partial charge is 0.247 e. The molecule has 0 spiro atoms. The van der Waals surface area contributed by atoms with Crippen molar-refractivity contribution in [3.8, 4) is 0 Å². The molecule has 3 heterocycles. The Kier molecular flexibility index (Phi) is 7.41. The van der Waals surface area contributed by atoms with Crippen molar-refractivity contribution in [2.45, 2.75) is 46.2 Å². The Bertz CT molecular complexity index is 1160. The summed E-state index contributed by atoms with van der Waals surface area (Å²) in [4.78, 5) is 19.2. The number of aryl methyl sites for hydroxylation is 3. The van der Waals surface area contributed by atoms with E-state index in [-0.39, 0.29) is 43.5 Å². The van der Waals surface area contributed by atoms with Crippen LogP contribution in [0.15, 0.2) is 36.7 Å². The summed E-state index contributed by atoms with van der Waals surface area (Å²) in [7, 11) is 1.95. The molecule has 1 aliphatic heterocycles. The number of anilines is 2. The number of benzene rings is 1. The van der Waals surface area contributed by atoms with Gasteiger partial charge in [-0.2, -0.15) is 18.6 Å². The second-order valence-electron chi connectivity index (χ2n) is 8.66. The average molecular weight is 474 g/mol. The first-order valence-electron chi connectivity index (χ1n) is 10.7. The molecule has 0 bridgehead atoms. The number of halogens is 2. The van der Waals surface area contributed by atoms with Crippen molar-refractivity contribution < 1.29 is 13.6 Å². The van der Waals surface area contributed by atoms with Gasteiger partial charge in [0.1, 0.15) is 17.7 Å². The van der Waals surface area contributed by atoms with E-state index in [1.54, 1.807) is 10.9 Å². The molecule has 33 heavy (non-hydrogen) atoms. The number of hydrogen-bond donors (Lipinski definition) is 1. The molecule has 4 rings (SSSR count). The highest BCUT2D eigenvalue weighted by atomic mass is 32.1. The SMILES string of the molecule is Cc1nc(CCc2cnn(Cc3cc(F)ccc3F)c2)cc2c1NC(=O)[C@H](C(C)C)N2C.S. The Balaban J connectivity index is 0.00000306. The summed E-state index contributed by atoms with van der Waals surface area (Å²) in [5, 5.41) is 7.30. The Morgan fingerprint density at radius 3 is 2.67 bits per heavy atom. The van der Waals surface area contributed by atoms with E-state index in [4.69, 9.17) is 0 Å². The molecule has 0 saturated heterocycles. The van der Waals surface area contributed by atoms with Crippen LogP contribution in [0.1, 0.15) is 36.4 Å². The first kappa shape index (κ1) is 24.7. The Labute approximate surface area is 199 Å². The molecule has 0 unspecified atom stereocenters. The van der Waals surface area contributed by atoms with E-state index in [1.807, 2.05) is 45.0 Å². The number of fused-ring (bicyclic) bond motifs is 1. The third kappa shape index (κ3) is 5.19. The maximum Gasteiger partial charge on any atom is 0.247 e. The minimum Gasteiger partial charge on any atom is -0.361 e. The molecule has 2 aromatic heterocycles. The summed E-state index contributed by atoms with van der Waals surface area (Å²) in [6.45, 7) is 6.14. The second-order valence-corrected chi connectivity index (χ2v) is 8.66. The number of pyridine rings is 1. The van der Waals surface area contributed by atoms with Crippen molar-refractivity contribution in [3.05, 3.63) is 70.8 Å². The Hall–Kier alpha value is -2.94. The number of hydrogen-bond acceptors (Lipinski definition) is 4. The Morgan fingerprint density at radius 2 is 1.94 bits per heavy atom. The van der Waals surface area contributed by atoms with Crippen LogP contribution in [0.25, 0.3) is 0 Å². The lowest BCUT2D eigenvalue weighted by Crippen LogP contribution is -2.49. The molecule has 6 nitrogen and oxygen atoms in total. The molecule has 0 saturated carbocycles. The molecule has 0 radical (unpaired) electrons. The van der Waals surface area contributed by atoms with Crippen LogP contribution in [0.2, 0.25) is 0 Å². The average Bonchev–Trinajstić information content (AvgIpc) is 3.17. The first-order chi connectivity index (χ1) is 15.2. The fourth-order valence-electron chi connectivity index (χ4n) is 4.29. The zero-order valence-electron chi connectivity index (χ0n) is 19.2. The zero-order valence-corrected chi connectivity index (χ0v) is 20.2. The monoisotopic (exact) mass is 473 g/mol. The highest BCUT2D eigenvalue weighted by molar-refractivity contribution is 7.59. The summed E-state index contributed by atoms with van der Waals surface area (Å²) in [6.07, 6.45) is 4.99. The molecule has 1 atom stereocenters. The summed E-state index contributed by atoms with van der Waals surface area (Å²) in [6, 6.07) is 5.23. The first-order valence-corrected chi connectivity index (χ1v) is 10.7. The summed E-state index contributed by atoms with van der Waals surface area (Å²) in [5.41, 5.74) is 4.70. The van der Waals surface area contributed by atoms with E-state index < -0.39 is 11.6 Å². The fourth-order valence-corrected chi connectivity index (χ4v) is 4.29. The number of likely N-dealkylation sites (N-methyl/N-ethyl adjacent to an activating group) is 1. The molecule has 0 fully saturated rings. The van der Waals surface area contributed by atoms with E-state index in [0.29, 0.717) is 12.8 Å². The third-order valence-electron chi connectivity index (χ3n) is 5.87. The topological polar surface area (TPSA) is 63.1 Å². The van der Waals surface area contributed by atoms with Gasteiger partial charge >= 0.3 is 0 Å². The lowest BCUT2D eigenvalue weighted by Gasteiger charge is -2.38. The van der Waals surface area contributed by atoms with E-state index in [9.17, 15) is 13.6 Å². The van der Waals surface area contributed by atoms with Gasteiger partial charge in [-0.1, -0.05) is 13.8 Å². The molecule has 0 aliphatic carbocycles. The van der Waals surface area contributed by atoms with Crippen LogP contribution in [0.3, 0.4) is 0 Å². The number of nitrogens with zero attached hydrogens (tertiary/aromatic N) is 4. The van der Waals surface area contributed by atoms with Crippen LogP contribution in [-0.2, 0) is 24.2 Å². The molecular formula is C24H29F2N5OS. The maximum atomic E-state index is 13.9. The van der Waals surface area contributed by atoms with Gasteiger partial charge in [0.05, 0.1) is 29.8 Å². The van der Waals surface area contributed by atoms with E-state index >= 15 is 0 Å². The van der Waals surface area contributed by atoms with E-state index in [2.05, 4.69) is 15.4 Å². The van der Waals surface area contributed by atoms with Crippen molar-refractivity contribution in [2.24, 2.45) is 5.92 Å². The highest BCUT2D eigenvalue weighted by Crippen LogP contribution is 2.35.